The van der Waals surface area contributed by atoms with E-state index in [-0.39, 0.29) is 0 Å². The van der Waals surface area contributed by atoms with Crippen molar-refractivity contribution in [3.05, 3.63) is 19.8 Å². The van der Waals surface area contributed by atoms with Gasteiger partial charge in [-0.15, -0.1) is 11.3 Å². The number of nitrogens with two attached hydrogens (primary N) is 1. The molecule has 1 heterocycles. The van der Waals surface area contributed by atoms with Crippen LogP contribution in [0.4, 0.5) is 0 Å². The van der Waals surface area contributed by atoms with Crippen LogP contribution in [0.15, 0.2) is 10.5 Å². The molecule has 1 rings (SSSR count). The molecular formula is C5H5BrClNOS. The lowest BCUT2D eigenvalue weighted by Gasteiger charge is -1.88. The van der Waals surface area contributed by atoms with Crippen molar-refractivity contribution < 1.29 is 4.84 Å². The Labute approximate surface area is 76.0 Å². The van der Waals surface area contributed by atoms with Crippen LogP contribution in [0.3, 0.4) is 0 Å². The van der Waals surface area contributed by atoms with Crippen LogP contribution in [0, 0.1) is 0 Å². The lowest BCUT2D eigenvalue weighted by Crippen LogP contribution is -1.96. The number of hydrogen-bond donors (Lipinski definition) is 1. The van der Waals surface area contributed by atoms with Gasteiger partial charge in [0.05, 0.1) is 0 Å². The van der Waals surface area contributed by atoms with Crippen LogP contribution >= 0.6 is 38.9 Å². The fraction of sp³-hybridized carbons (Fsp3) is 0.200. The zero-order valence-corrected chi connectivity index (χ0v) is 8.09. The SMILES string of the molecule is NOCc1cc(Br)c(Cl)s1. The van der Waals surface area contributed by atoms with E-state index in [9.17, 15) is 0 Å². The maximum absolute atomic E-state index is 5.74. The van der Waals surface area contributed by atoms with Gasteiger partial charge in [-0.3, -0.25) is 4.84 Å². The zero-order valence-electron chi connectivity index (χ0n) is 4.93. The Morgan fingerprint density at radius 3 is 2.90 bits per heavy atom. The van der Waals surface area contributed by atoms with Crippen molar-refractivity contribution in [1.82, 2.24) is 0 Å². The maximum Gasteiger partial charge on any atom is 0.107 e. The molecule has 0 atom stereocenters. The van der Waals surface area contributed by atoms with E-state index in [0.29, 0.717) is 6.61 Å². The fourth-order valence-electron chi connectivity index (χ4n) is 0.545. The minimum Gasteiger partial charge on any atom is -0.299 e. The second kappa shape index (κ2) is 3.69. The smallest absolute Gasteiger partial charge is 0.107 e. The third-order valence-electron chi connectivity index (χ3n) is 0.922. The van der Waals surface area contributed by atoms with E-state index in [4.69, 9.17) is 17.5 Å². The van der Waals surface area contributed by atoms with Crippen LogP contribution < -0.4 is 5.90 Å². The summed E-state index contributed by atoms with van der Waals surface area (Å²) in [5.41, 5.74) is 0. The van der Waals surface area contributed by atoms with Crippen LogP contribution in [-0.2, 0) is 11.4 Å². The molecule has 0 saturated carbocycles. The monoisotopic (exact) mass is 241 g/mol. The lowest BCUT2D eigenvalue weighted by atomic mass is 10.5. The highest BCUT2D eigenvalue weighted by atomic mass is 79.9. The Balaban J connectivity index is 2.77. The Morgan fingerprint density at radius 1 is 1.80 bits per heavy atom. The summed E-state index contributed by atoms with van der Waals surface area (Å²) in [5.74, 6) is 4.87. The van der Waals surface area contributed by atoms with Gasteiger partial charge < -0.3 is 0 Å². The molecule has 0 aliphatic rings. The van der Waals surface area contributed by atoms with Crippen LogP contribution in [-0.4, -0.2) is 0 Å². The van der Waals surface area contributed by atoms with Gasteiger partial charge in [0.25, 0.3) is 0 Å². The topological polar surface area (TPSA) is 35.2 Å². The summed E-state index contributed by atoms with van der Waals surface area (Å²) >= 11 is 10.5. The van der Waals surface area contributed by atoms with E-state index in [1.807, 2.05) is 6.07 Å². The van der Waals surface area contributed by atoms with Crippen LogP contribution in [0.25, 0.3) is 0 Å². The van der Waals surface area contributed by atoms with E-state index in [1.54, 1.807) is 0 Å². The molecule has 5 heteroatoms. The molecular weight excluding hydrogens is 237 g/mol. The van der Waals surface area contributed by atoms with Crippen molar-refractivity contribution in [2.24, 2.45) is 5.90 Å². The first-order valence-electron chi connectivity index (χ1n) is 2.49. The van der Waals surface area contributed by atoms with Gasteiger partial charge in [0.15, 0.2) is 0 Å². The average Bonchev–Trinajstić information content (AvgIpc) is 2.14. The molecule has 56 valence electrons. The number of hydrogen-bond acceptors (Lipinski definition) is 3. The molecule has 0 spiro atoms. The summed E-state index contributed by atoms with van der Waals surface area (Å²) < 4.78 is 1.62. The molecule has 1 aromatic rings. The minimum absolute atomic E-state index is 0.413. The van der Waals surface area contributed by atoms with Crippen molar-refractivity contribution >= 4 is 38.9 Å². The molecule has 10 heavy (non-hydrogen) atoms. The lowest BCUT2D eigenvalue weighted by molar-refractivity contribution is 0.126. The summed E-state index contributed by atoms with van der Waals surface area (Å²) in [7, 11) is 0. The van der Waals surface area contributed by atoms with Crippen molar-refractivity contribution in [1.29, 1.82) is 0 Å². The molecule has 0 aliphatic carbocycles. The first kappa shape index (κ1) is 8.49. The third kappa shape index (κ3) is 1.93. The molecule has 0 radical (unpaired) electrons. The highest BCUT2D eigenvalue weighted by molar-refractivity contribution is 9.10. The molecule has 2 nitrogen and oxygen atoms in total. The molecule has 2 N–H and O–H groups in total. The largest absolute Gasteiger partial charge is 0.299 e. The van der Waals surface area contributed by atoms with Gasteiger partial charge in [-0.25, -0.2) is 5.90 Å². The Morgan fingerprint density at radius 2 is 2.50 bits per heavy atom. The summed E-state index contributed by atoms with van der Waals surface area (Å²) in [5, 5.41) is 0. The molecule has 0 amide bonds. The van der Waals surface area contributed by atoms with E-state index in [0.717, 1.165) is 13.7 Å². The van der Waals surface area contributed by atoms with Gasteiger partial charge in [0, 0.05) is 9.35 Å². The minimum atomic E-state index is 0.413. The Bertz CT molecular complexity index is 208. The van der Waals surface area contributed by atoms with Gasteiger partial charge in [-0.2, -0.15) is 0 Å². The molecule has 0 unspecified atom stereocenters. The van der Waals surface area contributed by atoms with Crippen LogP contribution in [0.2, 0.25) is 4.34 Å². The predicted molar refractivity (Wildman–Crippen MR) is 46.0 cm³/mol. The number of halogens is 2. The summed E-state index contributed by atoms with van der Waals surface area (Å²) in [6, 6.07) is 1.89. The molecule has 1 aromatic heterocycles. The fourth-order valence-corrected chi connectivity index (χ4v) is 2.26. The highest BCUT2D eigenvalue weighted by Crippen LogP contribution is 2.31. The van der Waals surface area contributed by atoms with E-state index in [1.165, 1.54) is 11.3 Å². The number of rotatable bonds is 2. The van der Waals surface area contributed by atoms with E-state index in [2.05, 4.69) is 20.8 Å². The highest BCUT2D eigenvalue weighted by Gasteiger charge is 2.02. The maximum atomic E-state index is 5.74. The molecule has 0 fully saturated rings. The van der Waals surface area contributed by atoms with Gasteiger partial charge in [0.2, 0.25) is 0 Å². The quantitative estimate of drug-likeness (QED) is 0.809. The van der Waals surface area contributed by atoms with Gasteiger partial charge in [0.1, 0.15) is 10.9 Å². The summed E-state index contributed by atoms with van der Waals surface area (Å²) in [6.45, 7) is 0.413. The molecule has 0 saturated heterocycles. The molecule has 0 aromatic carbocycles. The van der Waals surface area contributed by atoms with Crippen LogP contribution in [0.5, 0.6) is 0 Å². The summed E-state index contributed by atoms with van der Waals surface area (Å²) in [4.78, 5) is 5.44. The number of thiophene rings is 1. The molecule has 0 bridgehead atoms. The second-order valence-corrected chi connectivity index (χ2v) is 4.24. The van der Waals surface area contributed by atoms with Crippen molar-refractivity contribution in [2.45, 2.75) is 6.61 Å². The van der Waals surface area contributed by atoms with Gasteiger partial charge >= 0.3 is 0 Å². The Hall–Kier alpha value is 0.390. The van der Waals surface area contributed by atoms with E-state index < -0.39 is 0 Å². The van der Waals surface area contributed by atoms with Crippen molar-refractivity contribution in [3.8, 4) is 0 Å². The average molecular weight is 243 g/mol. The van der Waals surface area contributed by atoms with Crippen molar-refractivity contribution in [3.63, 3.8) is 0 Å². The predicted octanol–water partition coefficient (Wildman–Crippen LogP) is 2.55. The first-order valence-corrected chi connectivity index (χ1v) is 4.48. The van der Waals surface area contributed by atoms with Gasteiger partial charge in [-0.05, 0) is 22.0 Å². The normalized spacial score (nSPS) is 10.3. The first-order chi connectivity index (χ1) is 4.74. The molecule has 0 aliphatic heterocycles. The standard InChI is InChI=1S/C5H5BrClNOS/c6-4-1-3(2-9-8)10-5(4)7/h1H,2,8H2. The zero-order chi connectivity index (χ0) is 7.56. The van der Waals surface area contributed by atoms with Crippen LogP contribution in [0.1, 0.15) is 4.88 Å². The third-order valence-corrected chi connectivity index (χ3v) is 3.37. The Kier molecular flexibility index (Phi) is 3.13. The van der Waals surface area contributed by atoms with E-state index >= 15 is 0 Å². The van der Waals surface area contributed by atoms with Crippen molar-refractivity contribution in [2.75, 3.05) is 0 Å². The summed E-state index contributed by atoms with van der Waals surface area (Å²) in [6.07, 6.45) is 0. The second-order valence-electron chi connectivity index (χ2n) is 1.65. The van der Waals surface area contributed by atoms with Gasteiger partial charge in [-0.1, -0.05) is 11.6 Å².